The Bertz CT molecular complexity index is 337. The number of carbonyl (C=O) groups is 1. The highest BCUT2D eigenvalue weighted by Gasteiger charge is 2.25. The van der Waals surface area contributed by atoms with Crippen molar-refractivity contribution in [2.45, 2.75) is 45.1 Å². The van der Waals surface area contributed by atoms with Gasteiger partial charge in [-0.3, -0.25) is 4.79 Å². The Labute approximate surface area is 100 Å². The number of hydrogen-bond acceptors (Lipinski definition) is 3. The van der Waals surface area contributed by atoms with Crippen molar-refractivity contribution in [1.82, 2.24) is 9.88 Å². The summed E-state index contributed by atoms with van der Waals surface area (Å²) in [7, 11) is 0. The van der Waals surface area contributed by atoms with Crippen LogP contribution >= 0.6 is 11.3 Å². The highest BCUT2D eigenvalue weighted by atomic mass is 32.1. The van der Waals surface area contributed by atoms with Crippen LogP contribution < -0.4 is 0 Å². The third-order valence-corrected chi connectivity index (χ3v) is 3.85. The largest absolute Gasteiger partial charge is 0.334 e. The Kier molecular flexibility index (Phi) is 3.93. The summed E-state index contributed by atoms with van der Waals surface area (Å²) in [5.74, 6) is 0.120. The van der Waals surface area contributed by atoms with Gasteiger partial charge in [-0.05, 0) is 19.3 Å². The number of thiazole rings is 1. The second kappa shape index (κ2) is 5.43. The van der Waals surface area contributed by atoms with E-state index in [0.717, 1.165) is 25.8 Å². The van der Waals surface area contributed by atoms with Gasteiger partial charge < -0.3 is 4.90 Å². The monoisotopic (exact) mass is 238 g/mol. The predicted octanol–water partition coefficient (Wildman–Crippen LogP) is 2.94. The van der Waals surface area contributed by atoms with E-state index in [1.54, 1.807) is 5.51 Å². The lowest BCUT2D eigenvalue weighted by Crippen LogP contribution is -2.39. The Morgan fingerprint density at radius 2 is 2.44 bits per heavy atom. The second-order valence-corrected chi connectivity index (χ2v) is 5.00. The first-order valence-electron chi connectivity index (χ1n) is 6.02. The van der Waals surface area contributed by atoms with Gasteiger partial charge in [-0.25, -0.2) is 4.98 Å². The van der Waals surface area contributed by atoms with Gasteiger partial charge >= 0.3 is 0 Å². The van der Waals surface area contributed by atoms with Crippen LogP contribution in [0.4, 0.5) is 0 Å². The molecule has 3 nitrogen and oxygen atoms in total. The lowest BCUT2D eigenvalue weighted by Gasteiger charge is -2.28. The average molecular weight is 238 g/mol. The summed E-state index contributed by atoms with van der Waals surface area (Å²) in [6.07, 6.45) is 5.82. The number of likely N-dealkylation sites (tertiary alicyclic amines) is 1. The fourth-order valence-corrected chi connectivity index (χ4v) is 2.86. The van der Waals surface area contributed by atoms with Crippen molar-refractivity contribution in [2.24, 2.45) is 0 Å². The zero-order valence-corrected chi connectivity index (χ0v) is 10.5. The summed E-state index contributed by atoms with van der Waals surface area (Å²) >= 11 is 1.49. The van der Waals surface area contributed by atoms with Gasteiger partial charge in [-0.1, -0.05) is 19.8 Å². The van der Waals surface area contributed by atoms with Crippen LogP contribution in [0.2, 0.25) is 0 Å². The molecule has 1 aliphatic rings. The summed E-state index contributed by atoms with van der Waals surface area (Å²) < 4.78 is 0. The molecule has 0 aromatic carbocycles. The molecule has 2 rings (SSSR count). The van der Waals surface area contributed by atoms with E-state index < -0.39 is 0 Å². The topological polar surface area (TPSA) is 33.2 Å². The zero-order valence-electron chi connectivity index (χ0n) is 9.69. The summed E-state index contributed by atoms with van der Waals surface area (Å²) in [6, 6.07) is 0.414. The molecule has 0 aliphatic carbocycles. The van der Waals surface area contributed by atoms with Crippen LogP contribution in [0.1, 0.15) is 49.5 Å². The SMILES string of the molecule is CCC1CCCCCN1C(=O)c1cscn1. The molecule has 0 saturated carbocycles. The number of aromatic nitrogens is 1. The Balaban J connectivity index is 2.13. The summed E-state index contributed by atoms with van der Waals surface area (Å²) in [4.78, 5) is 18.4. The van der Waals surface area contributed by atoms with Gasteiger partial charge in [0.2, 0.25) is 0 Å². The molecule has 1 saturated heterocycles. The van der Waals surface area contributed by atoms with Crippen LogP contribution in [-0.2, 0) is 0 Å². The van der Waals surface area contributed by atoms with E-state index >= 15 is 0 Å². The summed E-state index contributed by atoms with van der Waals surface area (Å²) in [5.41, 5.74) is 2.34. The molecule has 0 N–H and O–H groups in total. The van der Waals surface area contributed by atoms with Crippen molar-refractivity contribution in [1.29, 1.82) is 0 Å². The first-order valence-corrected chi connectivity index (χ1v) is 6.96. The molecule has 1 unspecified atom stereocenters. The number of hydrogen-bond donors (Lipinski definition) is 0. The lowest BCUT2D eigenvalue weighted by atomic mass is 10.1. The number of nitrogens with zero attached hydrogens (tertiary/aromatic N) is 2. The minimum atomic E-state index is 0.120. The van der Waals surface area contributed by atoms with E-state index in [9.17, 15) is 4.79 Å². The molecule has 1 aromatic rings. The predicted molar refractivity (Wildman–Crippen MR) is 65.7 cm³/mol. The molecule has 16 heavy (non-hydrogen) atoms. The highest BCUT2D eigenvalue weighted by Crippen LogP contribution is 2.21. The third kappa shape index (κ3) is 2.43. The van der Waals surface area contributed by atoms with Crippen molar-refractivity contribution in [3.63, 3.8) is 0 Å². The number of rotatable bonds is 2. The second-order valence-electron chi connectivity index (χ2n) is 4.28. The van der Waals surface area contributed by atoms with Crippen LogP contribution in [0.5, 0.6) is 0 Å². The quantitative estimate of drug-likeness (QED) is 0.793. The Hall–Kier alpha value is -0.900. The van der Waals surface area contributed by atoms with Gasteiger partial charge in [0.1, 0.15) is 5.69 Å². The minimum Gasteiger partial charge on any atom is -0.334 e. The number of amides is 1. The fourth-order valence-electron chi connectivity index (χ4n) is 2.33. The van der Waals surface area contributed by atoms with Crippen LogP contribution in [0.25, 0.3) is 0 Å². The van der Waals surface area contributed by atoms with E-state index in [1.165, 1.54) is 24.2 Å². The first kappa shape index (κ1) is 11.6. The maximum absolute atomic E-state index is 12.3. The van der Waals surface area contributed by atoms with Crippen LogP contribution in [-0.4, -0.2) is 28.4 Å². The molecule has 1 aromatic heterocycles. The molecule has 0 spiro atoms. The van der Waals surface area contributed by atoms with Gasteiger partial charge in [0.05, 0.1) is 5.51 Å². The molecule has 1 atom stereocenters. The van der Waals surface area contributed by atoms with Gasteiger partial charge in [-0.15, -0.1) is 11.3 Å². The average Bonchev–Trinajstić information content (AvgIpc) is 2.73. The van der Waals surface area contributed by atoms with Crippen molar-refractivity contribution in [2.75, 3.05) is 6.54 Å². The summed E-state index contributed by atoms with van der Waals surface area (Å²) in [5, 5.41) is 1.85. The molecule has 0 radical (unpaired) electrons. The molecule has 0 bridgehead atoms. The molecule has 2 heterocycles. The van der Waals surface area contributed by atoms with E-state index in [0.29, 0.717) is 11.7 Å². The maximum Gasteiger partial charge on any atom is 0.273 e. The summed E-state index contributed by atoms with van der Waals surface area (Å²) in [6.45, 7) is 3.06. The van der Waals surface area contributed by atoms with Crippen LogP contribution in [0.3, 0.4) is 0 Å². The smallest absolute Gasteiger partial charge is 0.273 e. The highest BCUT2D eigenvalue weighted by molar-refractivity contribution is 7.07. The third-order valence-electron chi connectivity index (χ3n) is 3.26. The van der Waals surface area contributed by atoms with Crippen molar-refractivity contribution in [3.05, 3.63) is 16.6 Å². The zero-order chi connectivity index (χ0) is 11.4. The van der Waals surface area contributed by atoms with E-state index in [-0.39, 0.29) is 5.91 Å². The van der Waals surface area contributed by atoms with E-state index in [4.69, 9.17) is 0 Å². The molecular formula is C12H18N2OS. The van der Waals surface area contributed by atoms with Gasteiger partial charge in [-0.2, -0.15) is 0 Å². The molecule has 1 aliphatic heterocycles. The molecule has 4 heteroatoms. The van der Waals surface area contributed by atoms with Gasteiger partial charge in [0.25, 0.3) is 5.91 Å². The molecule has 88 valence electrons. The maximum atomic E-state index is 12.3. The first-order chi connectivity index (χ1) is 7.83. The fraction of sp³-hybridized carbons (Fsp3) is 0.667. The van der Waals surface area contributed by atoms with E-state index in [2.05, 4.69) is 11.9 Å². The molecular weight excluding hydrogens is 220 g/mol. The van der Waals surface area contributed by atoms with Crippen molar-refractivity contribution < 1.29 is 4.79 Å². The standard InChI is InChI=1S/C12H18N2OS/c1-2-10-6-4-3-5-7-14(10)12(15)11-8-16-9-13-11/h8-10H,2-7H2,1H3. The van der Waals surface area contributed by atoms with Crippen LogP contribution in [0.15, 0.2) is 10.9 Å². The molecule has 1 amide bonds. The van der Waals surface area contributed by atoms with E-state index in [1.807, 2.05) is 10.3 Å². The molecule has 1 fully saturated rings. The van der Waals surface area contributed by atoms with Gasteiger partial charge in [0.15, 0.2) is 0 Å². The Morgan fingerprint density at radius 1 is 1.56 bits per heavy atom. The van der Waals surface area contributed by atoms with Crippen molar-refractivity contribution >= 4 is 17.2 Å². The number of carbonyl (C=O) groups excluding carboxylic acids is 1. The minimum absolute atomic E-state index is 0.120. The Morgan fingerprint density at radius 3 is 3.12 bits per heavy atom. The lowest BCUT2D eigenvalue weighted by molar-refractivity contribution is 0.0673. The van der Waals surface area contributed by atoms with Crippen molar-refractivity contribution in [3.8, 4) is 0 Å². The normalized spacial score (nSPS) is 21.8. The van der Waals surface area contributed by atoms with Gasteiger partial charge in [0, 0.05) is 18.0 Å². The van der Waals surface area contributed by atoms with Crippen LogP contribution in [0, 0.1) is 0 Å².